The summed E-state index contributed by atoms with van der Waals surface area (Å²) in [6.07, 6.45) is 5.90. The molecule has 0 atom stereocenters. The average molecular weight is 371 g/mol. The van der Waals surface area contributed by atoms with Gasteiger partial charge < -0.3 is 0 Å². The van der Waals surface area contributed by atoms with Gasteiger partial charge in [0, 0.05) is 15.2 Å². The Balaban J connectivity index is 2.00. The van der Waals surface area contributed by atoms with Gasteiger partial charge in [-0.2, -0.15) is 10.5 Å². The van der Waals surface area contributed by atoms with E-state index in [0.717, 1.165) is 33.4 Å². The van der Waals surface area contributed by atoms with E-state index in [1.54, 1.807) is 0 Å². The number of rotatable bonds is 7. The van der Waals surface area contributed by atoms with Crippen LogP contribution in [0.2, 0.25) is 0 Å². The Bertz CT molecular complexity index is 1010. The molecular formula is C24H22N2S. The zero-order valence-corrected chi connectivity index (χ0v) is 16.4. The molecule has 0 spiro atoms. The summed E-state index contributed by atoms with van der Waals surface area (Å²) in [7, 11) is 0. The molecular weight excluding hydrogens is 348 g/mol. The molecule has 0 unspecified atom stereocenters. The Morgan fingerprint density at radius 1 is 0.852 bits per heavy atom. The lowest BCUT2D eigenvalue weighted by Gasteiger charge is -2.11. The van der Waals surface area contributed by atoms with Crippen molar-refractivity contribution in [2.24, 2.45) is 0 Å². The summed E-state index contributed by atoms with van der Waals surface area (Å²) in [5.41, 5.74) is 2.20. The van der Waals surface area contributed by atoms with Crippen LogP contribution in [0.1, 0.15) is 49.3 Å². The molecule has 2 nitrogen and oxygen atoms in total. The van der Waals surface area contributed by atoms with Gasteiger partial charge in [0.2, 0.25) is 0 Å². The first kappa shape index (κ1) is 19.0. The predicted octanol–water partition coefficient (Wildman–Crippen LogP) is 6.86. The fraction of sp³-hybridized carbons (Fsp3) is 0.250. The topological polar surface area (TPSA) is 47.6 Å². The molecule has 3 heteroatoms. The highest BCUT2D eigenvalue weighted by molar-refractivity contribution is 7.99. The van der Waals surface area contributed by atoms with Crippen molar-refractivity contribution in [2.45, 2.75) is 48.8 Å². The molecule has 0 fully saturated rings. The van der Waals surface area contributed by atoms with Gasteiger partial charge in [0.25, 0.3) is 0 Å². The fourth-order valence-corrected chi connectivity index (χ4v) is 4.23. The van der Waals surface area contributed by atoms with Crippen LogP contribution in [0.4, 0.5) is 0 Å². The lowest BCUT2D eigenvalue weighted by Crippen LogP contribution is -1.93. The Labute approximate surface area is 165 Å². The van der Waals surface area contributed by atoms with Gasteiger partial charge >= 0.3 is 0 Å². The first-order chi connectivity index (χ1) is 13.3. The lowest BCUT2D eigenvalue weighted by atomic mass is 9.96. The summed E-state index contributed by atoms with van der Waals surface area (Å²) in [5.74, 6) is 0. The van der Waals surface area contributed by atoms with Crippen molar-refractivity contribution in [2.75, 3.05) is 0 Å². The monoisotopic (exact) mass is 370 g/mol. The van der Waals surface area contributed by atoms with E-state index in [2.05, 4.69) is 37.3 Å². The third kappa shape index (κ3) is 4.51. The van der Waals surface area contributed by atoms with Crippen LogP contribution in [0.5, 0.6) is 0 Å². The minimum atomic E-state index is 0.474. The van der Waals surface area contributed by atoms with Crippen molar-refractivity contribution in [3.05, 3.63) is 71.3 Å². The maximum atomic E-state index is 9.76. The molecule has 0 aromatic heterocycles. The third-order valence-electron chi connectivity index (χ3n) is 4.68. The van der Waals surface area contributed by atoms with Crippen molar-refractivity contribution in [3.8, 4) is 12.1 Å². The molecule has 3 aromatic rings. The third-order valence-corrected chi connectivity index (χ3v) is 5.73. The highest BCUT2D eigenvalue weighted by Crippen LogP contribution is 2.36. The summed E-state index contributed by atoms with van der Waals surface area (Å²) < 4.78 is 0. The molecule has 0 saturated heterocycles. The molecule has 0 heterocycles. The molecule has 3 rings (SSSR count). The van der Waals surface area contributed by atoms with Crippen molar-refractivity contribution in [1.29, 1.82) is 10.5 Å². The van der Waals surface area contributed by atoms with Gasteiger partial charge in [0.15, 0.2) is 0 Å². The summed E-state index contributed by atoms with van der Waals surface area (Å²) in [6.45, 7) is 2.21. The van der Waals surface area contributed by atoms with E-state index < -0.39 is 0 Å². The van der Waals surface area contributed by atoms with Gasteiger partial charge in [-0.1, -0.05) is 68.3 Å². The van der Waals surface area contributed by atoms with Gasteiger partial charge in [-0.15, -0.1) is 0 Å². The SMILES string of the molecule is CCCCCCc1ccc2cc(Sc3ccccc3)c(C#N)c(C#N)c2c1. The molecule has 27 heavy (non-hydrogen) atoms. The standard InChI is InChI=1S/C24H22N2S/c1-2-3-4-6-9-18-12-13-19-15-24(27-20-10-7-5-8-11-20)23(17-26)22(16-25)21(19)14-18/h5,7-8,10-15H,2-4,6,9H2,1H3. The van der Waals surface area contributed by atoms with Crippen molar-refractivity contribution < 1.29 is 0 Å². The first-order valence-electron chi connectivity index (χ1n) is 9.39. The molecule has 0 aliphatic heterocycles. The molecule has 0 radical (unpaired) electrons. The van der Waals surface area contributed by atoms with Crippen molar-refractivity contribution in [1.82, 2.24) is 0 Å². The molecule has 3 aromatic carbocycles. The Morgan fingerprint density at radius 3 is 2.33 bits per heavy atom. The normalized spacial score (nSPS) is 10.5. The lowest BCUT2D eigenvalue weighted by molar-refractivity contribution is 0.667. The maximum absolute atomic E-state index is 9.76. The van der Waals surface area contributed by atoms with Gasteiger partial charge in [0.1, 0.15) is 12.1 Å². The first-order valence-corrected chi connectivity index (χ1v) is 10.2. The van der Waals surface area contributed by atoms with E-state index in [-0.39, 0.29) is 0 Å². The van der Waals surface area contributed by atoms with Crippen molar-refractivity contribution >= 4 is 22.5 Å². The van der Waals surface area contributed by atoms with E-state index in [4.69, 9.17) is 0 Å². The van der Waals surface area contributed by atoms with Gasteiger partial charge in [-0.3, -0.25) is 0 Å². The Morgan fingerprint density at radius 2 is 1.63 bits per heavy atom. The van der Waals surface area contributed by atoms with Crippen LogP contribution in [-0.2, 0) is 6.42 Å². The molecule has 0 N–H and O–H groups in total. The molecule has 0 aliphatic rings. The van der Waals surface area contributed by atoms with E-state index in [9.17, 15) is 10.5 Å². The van der Waals surface area contributed by atoms with Crippen LogP contribution in [0.15, 0.2) is 64.4 Å². The zero-order chi connectivity index (χ0) is 19.1. The molecule has 0 aliphatic carbocycles. The van der Waals surface area contributed by atoms with Gasteiger partial charge in [0.05, 0.1) is 11.1 Å². The predicted molar refractivity (Wildman–Crippen MR) is 112 cm³/mol. The number of fused-ring (bicyclic) bond motifs is 1. The van der Waals surface area contributed by atoms with E-state index in [0.29, 0.717) is 11.1 Å². The summed E-state index contributed by atoms with van der Waals surface area (Å²) in [5, 5.41) is 21.4. The summed E-state index contributed by atoms with van der Waals surface area (Å²) in [6, 6.07) is 22.9. The number of aryl methyl sites for hydroxylation is 1. The second kappa shape index (κ2) is 9.26. The molecule has 0 amide bonds. The Kier molecular flexibility index (Phi) is 6.53. The summed E-state index contributed by atoms with van der Waals surface area (Å²) >= 11 is 1.53. The second-order valence-electron chi connectivity index (χ2n) is 6.63. The minimum Gasteiger partial charge on any atom is -0.192 e. The van der Waals surface area contributed by atoms with E-state index >= 15 is 0 Å². The Hall–Kier alpha value is -2.75. The quantitative estimate of drug-likeness (QED) is 0.427. The van der Waals surface area contributed by atoms with Crippen LogP contribution < -0.4 is 0 Å². The number of benzene rings is 3. The second-order valence-corrected chi connectivity index (χ2v) is 7.74. The van der Waals surface area contributed by atoms with Gasteiger partial charge in [-0.25, -0.2) is 0 Å². The van der Waals surface area contributed by atoms with Crippen LogP contribution in [0.25, 0.3) is 10.8 Å². The smallest absolute Gasteiger partial charge is 0.102 e. The summed E-state index contributed by atoms with van der Waals surface area (Å²) in [4.78, 5) is 1.90. The fourth-order valence-electron chi connectivity index (χ4n) is 3.25. The largest absolute Gasteiger partial charge is 0.192 e. The van der Waals surface area contributed by atoms with E-state index in [1.165, 1.54) is 36.6 Å². The van der Waals surface area contributed by atoms with Crippen molar-refractivity contribution in [3.63, 3.8) is 0 Å². The van der Waals surface area contributed by atoms with Crippen LogP contribution in [0, 0.1) is 22.7 Å². The minimum absolute atomic E-state index is 0.474. The number of nitrogens with zero attached hydrogens (tertiary/aromatic N) is 2. The average Bonchev–Trinajstić information content (AvgIpc) is 2.71. The highest BCUT2D eigenvalue weighted by atomic mass is 32.2. The maximum Gasteiger partial charge on any atom is 0.102 e. The van der Waals surface area contributed by atoms with Crippen LogP contribution in [0.3, 0.4) is 0 Å². The number of unbranched alkanes of at least 4 members (excludes halogenated alkanes) is 3. The number of hydrogen-bond donors (Lipinski definition) is 0. The zero-order valence-electron chi connectivity index (χ0n) is 15.5. The highest BCUT2D eigenvalue weighted by Gasteiger charge is 2.15. The number of hydrogen-bond acceptors (Lipinski definition) is 3. The molecule has 0 bridgehead atoms. The van der Waals surface area contributed by atoms with Gasteiger partial charge in [-0.05, 0) is 48.1 Å². The van der Waals surface area contributed by atoms with Crippen LogP contribution in [-0.4, -0.2) is 0 Å². The number of nitriles is 2. The molecule has 134 valence electrons. The molecule has 0 saturated carbocycles. The van der Waals surface area contributed by atoms with E-state index in [1.807, 2.05) is 36.4 Å². The van der Waals surface area contributed by atoms with Crippen LogP contribution >= 0.6 is 11.8 Å².